The first kappa shape index (κ1) is 71.5. The first-order valence-corrected chi connectivity index (χ1v) is 13.7. The van der Waals surface area contributed by atoms with E-state index >= 15 is 0 Å². The normalized spacial score (nSPS) is 12.6. The van der Waals surface area contributed by atoms with Crippen LogP contribution >= 0.6 is 0 Å². The van der Waals surface area contributed by atoms with Crippen molar-refractivity contribution in [3.8, 4) is 0 Å². The van der Waals surface area contributed by atoms with E-state index < -0.39 is 55.0 Å². The van der Waals surface area contributed by atoms with Crippen molar-refractivity contribution in [1.29, 1.82) is 0 Å². The van der Waals surface area contributed by atoms with E-state index in [4.69, 9.17) is 26.3 Å². The van der Waals surface area contributed by atoms with Gasteiger partial charge in [0.1, 0.15) is 0 Å². The summed E-state index contributed by atoms with van der Waals surface area (Å²) in [6, 6.07) is 0. The van der Waals surface area contributed by atoms with Gasteiger partial charge in [0, 0.05) is 0 Å². The van der Waals surface area contributed by atoms with Crippen molar-refractivity contribution >= 4 is 55.0 Å². The molecular weight excluding hydrogens is 692 g/mol. The maximum atomic E-state index is 10.2. The standard InChI is InChI=1S/7CH4.3H2O8S2.H2O2/c;;;;;;;3*1-6-8-10(5,7-2)9(3)4;1-2/h7*1H4;3*1-2H;1-2H/p-6. The zero-order valence-electron chi connectivity index (χ0n) is 13.1. The van der Waals surface area contributed by atoms with Crippen molar-refractivity contribution in [2.45, 2.75) is 52.0 Å². The average Bonchev–Trinajstić information content (AvgIpc) is 2.75. The third-order valence-electron chi connectivity index (χ3n) is 1.08. The summed E-state index contributed by atoms with van der Waals surface area (Å²) in [7, 11) is -24.4. The van der Waals surface area contributed by atoms with Gasteiger partial charge in [0.15, 0.2) is 0 Å². The molecule has 0 aliphatic carbocycles. The average molecular weight is 723 g/mol. The van der Waals surface area contributed by atoms with Crippen LogP contribution in [-0.2, 0) is 96.1 Å². The number of rotatable bonds is 9. The van der Waals surface area contributed by atoms with E-state index in [1.54, 1.807) is 0 Å². The first-order chi connectivity index (χ1) is 14.7. The van der Waals surface area contributed by atoms with E-state index in [-0.39, 0.29) is 52.0 Å². The first-order valence-electron chi connectivity index (χ1n) is 4.70. The molecule has 0 aromatic rings. The lowest BCUT2D eigenvalue weighted by Crippen LogP contribution is -2.21. The zero-order valence-corrected chi connectivity index (χ0v) is 18.0. The highest BCUT2D eigenvalue weighted by atomic mass is 32.9. The van der Waals surface area contributed by atoms with Gasteiger partial charge in [0.05, 0.1) is 0 Å². The third kappa shape index (κ3) is 31.6. The molecule has 0 bridgehead atoms. The molecule has 2 N–H and O–H groups in total. The Bertz CT molecular complexity index is 1010. The second-order valence-electron chi connectivity index (χ2n) is 2.45. The molecule has 0 aliphatic heterocycles. The quantitative estimate of drug-likeness (QED) is 0.165. The molecule has 0 rings (SSSR count). The maximum absolute atomic E-state index is 10.2. The fourth-order valence-electron chi connectivity index (χ4n) is 0.272. The predicted molar refractivity (Wildman–Crippen MR) is 113 cm³/mol. The Morgan fingerprint density at radius 3 is 0.564 bits per heavy atom. The van der Waals surface area contributed by atoms with Crippen LogP contribution in [0.3, 0.4) is 0 Å². The van der Waals surface area contributed by atoms with E-state index in [2.05, 4.69) is 41.1 Å². The molecule has 0 saturated carbocycles. The summed E-state index contributed by atoms with van der Waals surface area (Å²) in [4.78, 5) is 0. The molecule has 0 saturated heterocycles. The van der Waals surface area contributed by atoms with Crippen LogP contribution in [0.1, 0.15) is 52.0 Å². The molecule has 0 amide bonds. The van der Waals surface area contributed by atoms with Crippen molar-refractivity contribution in [3.05, 3.63) is 0 Å². The Balaban J connectivity index is -0.0000000298. The second kappa shape index (κ2) is 39.4. The van der Waals surface area contributed by atoms with Gasteiger partial charge in [-0.25, -0.2) is 0 Å². The molecule has 0 spiro atoms. The molecular formula is C7H30O26S6-6. The smallest absolute Gasteiger partial charge is 0.336 e. The van der Waals surface area contributed by atoms with Gasteiger partial charge < -0.3 is 44.5 Å². The van der Waals surface area contributed by atoms with Crippen LogP contribution in [0.5, 0.6) is 0 Å². The van der Waals surface area contributed by atoms with Gasteiger partial charge in [0.2, 0.25) is 0 Å². The van der Waals surface area contributed by atoms with Gasteiger partial charge in [-0.2, -0.15) is 37.9 Å². The largest absolute Gasteiger partial charge is 0.707 e. The maximum Gasteiger partial charge on any atom is 0.336 e. The molecule has 3 atom stereocenters. The van der Waals surface area contributed by atoms with E-state index in [1.807, 2.05) is 0 Å². The Hall–Kier alpha value is -0.770. The Kier molecular flexibility index (Phi) is 72.1. The lowest BCUT2D eigenvalue weighted by Gasteiger charge is -2.09. The van der Waals surface area contributed by atoms with Gasteiger partial charge in [-0.15, -0.1) is 13.0 Å². The molecule has 0 aromatic carbocycles. The van der Waals surface area contributed by atoms with Gasteiger partial charge >= 0.3 is 55.0 Å². The van der Waals surface area contributed by atoms with Crippen LogP contribution in [0.15, 0.2) is 0 Å². The van der Waals surface area contributed by atoms with Crippen molar-refractivity contribution in [3.63, 3.8) is 0 Å². The topological polar surface area (TPSA) is 416 Å². The van der Waals surface area contributed by atoms with Crippen molar-refractivity contribution in [2.24, 2.45) is 0 Å². The second-order valence-corrected chi connectivity index (χ2v) is 13.1. The fourth-order valence-corrected chi connectivity index (χ4v) is 1.84. The summed E-state index contributed by atoms with van der Waals surface area (Å²) in [5.74, 6) is 0. The zero-order chi connectivity index (χ0) is 26.6. The minimum absolute atomic E-state index is 0. The minimum atomic E-state index is -4.67. The molecule has 0 radical (unpaired) electrons. The van der Waals surface area contributed by atoms with E-state index in [1.165, 1.54) is 0 Å². The fraction of sp³-hybridized carbons (Fsp3) is 1.00. The van der Waals surface area contributed by atoms with Crippen LogP contribution in [0.2, 0.25) is 0 Å². The van der Waals surface area contributed by atoms with Gasteiger partial charge in [-0.05, 0) is 0 Å². The Labute approximate surface area is 227 Å². The summed E-state index contributed by atoms with van der Waals surface area (Å²) in [6.07, 6.45) is 0. The number of hydrogen-bond acceptors (Lipinski definition) is 26. The monoisotopic (exact) mass is 722 g/mol. The summed E-state index contributed by atoms with van der Waals surface area (Å²) >= 11 is 0. The number of hydrogen-bond donors (Lipinski definition) is 2. The third-order valence-corrected chi connectivity index (χ3v) is 7.25. The highest BCUT2D eigenvalue weighted by Gasteiger charge is 2.07. The summed E-state index contributed by atoms with van der Waals surface area (Å²) in [6.45, 7) is 0. The van der Waals surface area contributed by atoms with Gasteiger partial charge in [-0.1, -0.05) is 52.0 Å². The van der Waals surface area contributed by atoms with Crippen LogP contribution in [0, 0.1) is 0 Å². The molecule has 26 nitrogen and oxygen atoms in total. The lowest BCUT2D eigenvalue weighted by molar-refractivity contribution is -0.781. The highest BCUT2D eigenvalue weighted by Crippen LogP contribution is 1.92. The van der Waals surface area contributed by atoms with Crippen LogP contribution < -0.4 is 31.5 Å². The lowest BCUT2D eigenvalue weighted by atomic mass is 12.0. The molecule has 0 heterocycles. The summed E-state index contributed by atoms with van der Waals surface area (Å²) in [5, 5.41) is 74.1. The van der Waals surface area contributed by atoms with Crippen molar-refractivity contribution < 1.29 is 121 Å². The Morgan fingerprint density at radius 1 is 0.410 bits per heavy atom. The van der Waals surface area contributed by atoms with Crippen LogP contribution in [-0.4, -0.2) is 48.4 Å². The molecule has 0 aromatic heterocycles. The van der Waals surface area contributed by atoms with Crippen molar-refractivity contribution in [2.75, 3.05) is 0 Å². The molecule has 0 aliphatic rings. The van der Waals surface area contributed by atoms with E-state index in [9.17, 15) is 53.7 Å². The van der Waals surface area contributed by atoms with Crippen LogP contribution in [0.4, 0.5) is 0 Å². The van der Waals surface area contributed by atoms with E-state index in [0.29, 0.717) is 0 Å². The summed E-state index contributed by atoms with van der Waals surface area (Å²) < 4.78 is 105. The Morgan fingerprint density at radius 2 is 0.538 bits per heavy atom. The molecule has 39 heavy (non-hydrogen) atoms. The molecule has 3 unspecified atom stereocenters. The summed E-state index contributed by atoms with van der Waals surface area (Å²) in [5.41, 5.74) is 0. The molecule has 0 fully saturated rings. The van der Waals surface area contributed by atoms with Crippen molar-refractivity contribution in [1.82, 2.24) is 0 Å². The highest BCUT2D eigenvalue weighted by molar-refractivity contribution is 8.33. The SMILES string of the molecule is C.C.C.C.C.C.C.O=S(=O)=S(=O)(O[O-])OO[O-].O=S(=O)=S(=O)(O[O-])OO[O-].O=S(=O)=S(=O)(O[O-])OO[O-].OO. The van der Waals surface area contributed by atoms with Crippen LogP contribution in [0.25, 0.3) is 0 Å². The van der Waals surface area contributed by atoms with E-state index in [0.717, 1.165) is 0 Å². The van der Waals surface area contributed by atoms with Gasteiger partial charge in [-0.3, -0.25) is 25.6 Å². The van der Waals surface area contributed by atoms with Gasteiger partial charge in [0.25, 0.3) is 0 Å². The minimum Gasteiger partial charge on any atom is -0.707 e. The molecule has 32 heteroatoms. The predicted octanol–water partition coefficient (Wildman–Crippen LogP) is -6.30. The molecule has 256 valence electrons.